The van der Waals surface area contributed by atoms with Crippen molar-refractivity contribution in [3.8, 4) is 16.8 Å². The highest BCUT2D eigenvalue weighted by Gasteiger charge is 2.21. The van der Waals surface area contributed by atoms with Gasteiger partial charge in [-0.25, -0.2) is 0 Å². The number of allylic oxidation sites excluding steroid dienone is 3. The Hall–Kier alpha value is -8.33. The Bertz CT molecular complexity index is 4120. The van der Waals surface area contributed by atoms with Crippen LogP contribution in [0.4, 0.5) is 0 Å². The third kappa shape index (κ3) is 6.21. The van der Waals surface area contributed by atoms with Gasteiger partial charge in [0.05, 0.1) is 28.1 Å². The van der Waals surface area contributed by atoms with Crippen LogP contribution in [0.15, 0.2) is 241 Å². The maximum absolute atomic E-state index is 5.35. The zero-order valence-corrected chi connectivity index (χ0v) is 36.8. The van der Waals surface area contributed by atoms with Crippen LogP contribution in [0.25, 0.3) is 102 Å². The largest absolute Gasteiger partial charge is 0.309 e. The first-order valence-corrected chi connectivity index (χ1v) is 23.3. The van der Waals surface area contributed by atoms with E-state index in [1.165, 1.54) is 74.4 Å². The van der Waals surface area contributed by atoms with Crippen molar-refractivity contribution in [2.24, 2.45) is 4.99 Å². The lowest BCUT2D eigenvalue weighted by Crippen LogP contribution is -2.00. The van der Waals surface area contributed by atoms with Crippen molar-refractivity contribution < 1.29 is 0 Å². The minimum atomic E-state index is 0.615. The standard InChI is InChI=1S/C63H40N2S/c1-40-35-57(42-19-6-3-7-20-42)64-56(41-17-4-2-5-18-41)28-16-27-46(40)45-38-55-49-23-9-8-21-47(49)48-22-10-11-26-52(48)63(55)60(39-45)65-58-29-14-12-24-50(58)53-36-43(31-33-59(53)65)44-32-34-62-54(37-44)51-25-13-15-30-61(51)66-62/h2-26,29-39H,1,28H2/b57-35-,64-56?. The number of para-hydroxylation sites is 1. The van der Waals surface area contributed by atoms with E-state index in [1.807, 2.05) is 17.4 Å². The quantitative estimate of drug-likeness (QED) is 0.121. The van der Waals surface area contributed by atoms with Gasteiger partial charge >= 0.3 is 0 Å². The SMILES string of the molecule is C=C1/C=C(/c2ccccc2)N=C(c2ccccc2)CC=C=C1c1cc(-n2c3ccccc3c3cc(-c4ccc5sc6ccccc6c5c4)ccc32)c2c3ccccc3c3ccccc3c2c1. The molecule has 3 heterocycles. The summed E-state index contributed by atoms with van der Waals surface area (Å²) >= 11 is 1.86. The Morgan fingerprint density at radius 3 is 1.77 bits per heavy atom. The normalized spacial score (nSPS) is 14.2. The summed E-state index contributed by atoms with van der Waals surface area (Å²) in [6, 6.07) is 75.0. The lowest BCUT2D eigenvalue weighted by molar-refractivity contribution is 1.20. The number of rotatable bonds is 5. The molecule has 66 heavy (non-hydrogen) atoms. The fourth-order valence-corrected chi connectivity index (χ4v) is 11.4. The molecular weight excluding hydrogens is 817 g/mol. The molecule has 12 aromatic rings. The van der Waals surface area contributed by atoms with Crippen LogP contribution in [0.5, 0.6) is 0 Å². The van der Waals surface area contributed by atoms with Crippen LogP contribution in [-0.4, -0.2) is 10.3 Å². The van der Waals surface area contributed by atoms with E-state index in [-0.39, 0.29) is 0 Å². The summed E-state index contributed by atoms with van der Waals surface area (Å²) in [7, 11) is 0. The van der Waals surface area contributed by atoms with Crippen molar-refractivity contribution in [2.75, 3.05) is 0 Å². The van der Waals surface area contributed by atoms with E-state index in [4.69, 9.17) is 11.6 Å². The van der Waals surface area contributed by atoms with Crippen LogP contribution in [0.1, 0.15) is 23.1 Å². The molecule has 3 heteroatoms. The van der Waals surface area contributed by atoms with E-state index in [9.17, 15) is 0 Å². The van der Waals surface area contributed by atoms with Gasteiger partial charge in [-0.3, -0.25) is 4.99 Å². The summed E-state index contributed by atoms with van der Waals surface area (Å²) in [6.45, 7) is 4.77. The topological polar surface area (TPSA) is 17.3 Å². The first-order valence-electron chi connectivity index (χ1n) is 22.5. The molecule has 0 N–H and O–H groups in total. The molecule has 0 radical (unpaired) electrons. The molecule has 13 rings (SSSR count). The second-order valence-electron chi connectivity index (χ2n) is 17.2. The minimum absolute atomic E-state index is 0.615. The molecule has 0 aliphatic carbocycles. The van der Waals surface area contributed by atoms with E-state index < -0.39 is 0 Å². The van der Waals surface area contributed by atoms with Crippen LogP contribution in [0.2, 0.25) is 0 Å². The monoisotopic (exact) mass is 856 g/mol. The molecule has 0 saturated heterocycles. The van der Waals surface area contributed by atoms with E-state index in [0.29, 0.717) is 6.42 Å². The number of nitrogens with zero attached hydrogens (tertiary/aromatic N) is 2. The number of thiophene rings is 1. The molecule has 2 nitrogen and oxygen atoms in total. The Balaban J connectivity index is 1.08. The van der Waals surface area contributed by atoms with Crippen molar-refractivity contribution in [1.82, 2.24) is 4.57 Å². The van der Waals surface area contributed by atoms with Crippen molar-refractivity contribution >= 4 is 103 Å². The molecule has 1 aliphatic rings. The average molecular weight is 857 g/mol. The fourth-order valence-electron chi connectivity index (χ4n) is 10.3. The van der Waals surface area contributed by atoms with Crippen LogP contribution in [0.3, 0.4) is 0 Å². The predicted molar refractivity (Wildman–Crippen MR) is 284 cm³/mol. The third-order valence-corrected chi connectivity index (χ3v) is 14.5. The van der Waals surface area contributed by atoms with Gasteiger partial charge in [0.25, 0.3) is 0 Å². The highest BCUT2D eigenvalue weighted by molar-refractivity contribution is 7.25. The summed E-state index contributed by atoms with van der Waals surface area (Å²) in [6.07, 6.45) is 4.89. The van der Waals surface area contributed by atoms with Crippen molar-refractivity contribution in [3.05, 3.63) is 253 Å². The summed E-state index contributed by atoms with van der Waals surface area (Å²) in [5, 5.41) is 12.3. The predicted octanol–water partition coefficient (Wildman–Crippen LogP) is 17.3. The fraction of sp³-hybridized carbons (Fsp3) is 0.0159. The Kier molecular flexibility index (Phi) is 8.92. The van der Waals surface area contributed by atoms with E-state index >= 15 is 0 Å². The molecule has 0 spiro atoms. The van der Waals surface area contributed by atoms with E-state index in [2.05, 4.69) is 223 Å². The zero-order chi connectivity index (χ0) is 43.7. The lowest BCUT2D eigenvalue weighted by atomic mass is 9.89. The molecule has 0 saturated carbocycles. The van der Waals surface area contributed by atoms with Crippen LogP contribution in [-0.2, 0) is 0 Å². The number of fused-ring (bicyclic) bond motifs is 12. The van der Waals surface area contributed by atoms with Crippen LogP contribution in [0, 0.1) is 0 Å². The molecule has 0 unspecified atom stereocenters. The van der Waals surface area contributed by atoms with Gasteiger partial charge in [-0.15, -0.1) is 17.1 Å². The maximum Gasteiger partial charge on any atom is 0.0711 e. The molecule has 1 aliphatic heterocycles. The average Bonchev–Trinajstić information content (AvgIpc) is 3.94. The molecule has 308 valence electrons. The Labute approximate surface area is 386 Å². The highest BCUT2D eigenvalue weighted by atomic mass is 32.1. The molecule has 0 bridgehead atoms. The number of benzene rings is 10. The number of hydrogen-bond acceptors (Lipinski definition) is 2. The molecule has 2 aromatic heterocycles. The lowest BCUT2D eigenvalue weighted by Gasteiger charge is -2.19. The van der Waals surface area contributed by atoms with Gasteiger partial charge in [0.2, 0.25) is 0 Å². The van der Waals surface area contributed by atoms with Crippen LogP contribution >= 0.6 is 11.3 Å². The second kappa shape index (κ2) is 15.4. The van der Waals surface area contributed by atoms with Crippen LogP contribution < -0.4 is 0 Å². The molecule has 0 amide bonds. The van der Waals surface area contributed by atoms with Crippen molar-refractivity contribution in [2.45, 2.75) is 6.42 Å². The molecule has 0 fully saturated rings. The van der Waals surface area contributed by atoms with Gasteiger partial charge in [-0.05, 0) is 115 Å². The summed E-state index contributed by atoms with van der Waals surface area (Å²) < 4.78 is 5.13. The summed E-state index contributed by atoms with van der Waals surface area (Å²) in [4.78, 5) is 5.35. The highest BCUT2D eigenvalue weighted by Crippen LogP contribution is 2.45. The van der Waals surface area contributed by atoms with Crippen molar-refractivity contribution in [1.29, 1.82) is 0 Å². The summed E-state index contributed by atoms with van der Waals surface area (Å²) in [5.74, 6) is 0. The smallest absolute Gasteiger partial charge is 0.0711 e. The Morgan fingerprint density at radius 1 is 0.439 bits per heavy atom. The number of hydrogen-bond donors (Lipinski definition) is 0. The number of aromatic nitrogens is 1. The van der Waals surface area contributed by atoms with E-state index in [0.717, 1.165) is 56.0 Å². The van der Waals surface area contributed by atoms with Gasteiger partial charge in [-0.2, -0.15) is 0 Å². The van der Waals surface area contributed by atoms with E-state index in [1.54, 1.807) is 0 Å². The number of aliphatic imine (C=N–C) groups is 1. The molecule has 0 atom stereocenters. The first kappa shape index (κ1) is 38.2. The molecular formula is C63H40N2S. The first-order chi connectivity index (χ1) is 32.6. The van der Waals surface area contributed by atoms with Gasteiger partial charge in [0.15, 0.2) is 0 Å². The third-order valence-electron chi connectivity index (χ3n) is 13.3. The zero-order valence-electron chi connectivity index (χ0n) is 36.0. The second-order valence-corrected chi connectivity index (χ2v) is 18.3. The van der Waals surface area contributed by atoms with Gasteiger partial charge in [0.1, 0.15) is 0 Å². The summed E-state index contributed by atoms with van der Waals surface area (Å²) in [5.41, 5.74) is 16.5. The van der Waals surface area contributed by atoms with Gasteiger partial charge < -0.3 is 4.57 Å². The van der Waals surface area contributed by atoms with Gasteiger partial charge in [0, 0.05) is 53.9 Å². The Morgan fingerprint density at radius 2 is 1.00 bits per heavy atom. The van der Waals surface area contributed by atoms with Crippen molar-refractivity contribution in [3.63, 3.8) is 0 Å². The molecule has 10 aromatic carbocycles. The maximum atomic E-state index is 5.35. The van der Waals surface area contributed by atoms with Gasteiger partial charge in [-0.1, -0.05) is 164 Å². The minimum Gasteiger partial charge on any atom is -0.309 e.